The summed E-state index contributed by atoms with van der Waals surface area (Å²) in [6.45, 7) is 15.5. The molecule has 0 aliphatic rings. The summed E-state index contributed by atoms with van der Waals surface area (Å²) in [5.74, 6) is -0.346. The molecule has 0 amide bonds. The average Bonchev–Trinajstić information content (AvgIpc) is 2.78. The van der Waals surface area contributed by atoms with Crippen LogP contribution in [0.5, 0.6) is 0 Å². The van der Waals surface area contributed by atoms with Crippen LogP contribution in [0.15, 0.2) is 12.2 Å². The molecule has 0 heterocycles. The van der Waals surface area contributed by atoms with Gasteiger partial charge in [-0.1, -0.05) is 65.9 Å². The van der Waals surface area contributed by atoms with Crippen LogP contribution in [0.3, 0.4) is 0 Å². The first-order chi connectivity index (χ1) is 15.5. The summed E-state index contributed by atoms with van der Waals surface area (Å²) in [5.41, 5.74) is 0.420. The van der Waals surface area contributed by atoms with E-state index in [-0.39, 0.29) is 5.97 Å². The van der Waals surface area contributed by atoms with Crippen molar-refractivity contribution in [3.05, 3.63) is 12.2 Å². The minimum atomic E-state index is -2.71. The van der Waals surface area contributed by atoms with Gasteiger partial charge in [-0.3, -0.25) is 0 Å². The maximum Gasteiger partial charge on any atom is 0.501 e. The lowest BCUT2D eigenvalue weighted by Gasteiger charge is -2.30. The van der Waals surface area contributed by atoms with Gasteiger partial charge in [0.05, 0.1) is 6.61 Å². The Hall–Kier alpha value is -0.733. The fourth-order valence-corrected chi connectivity index (χ4v) is 5.65. The molecular formula is C25H50O6Si. The van der Waals surface area contributed by atoms with Gasteiger partial charge in [-0.2, -0.15) is 0 Å². The van der Waals surface area contributed by atoms with Crippen molar-refractivity contribution in [2.45, 2.75) is 104 Å². The van der Waals surface area contributed by atoms with Gasteiger partial charge in [-0.05, 0) is 32.6 Å². The maximum atomic E-state index is 11.4. The molecule has 0 unspecified atom stereocenters. The second kappa shape index (κ2) is 22.1. The van der Waals surface area contributed by atoms with Gasteiger partial charge in [0.1, 0.15) is 0 Å². The molecule has 0 aliphatic carbocycles. The maximum absolute atomic E-state index is 11.4. The van der Waals surface area contributed by atoms with Gasteiger partial charge < -0.3 is 22.8 Å². The van der Waals surface area contributed by atoms with Gasteiger partial charge in [-0.25, -0.2) is 4.79 Å². The zero-order chi connectivity index (χ0) is 23.9. The minimum Gasteiger partial charge on any atom is -0.462 e. The summed E-state index contributed by atoms with van der Waals surface area (Å²) in [6, 6.07) is 0.780. The molecule has 0 saturated carbocycles. The predicted octanol–water partition coefficient (Wildman–Crippen LogP) is 6.46. The SMILES string of the molecule is C=C(C)C(=O)OCCCOCCC[Si](OCCCCC)(OCCCCC)OCCCCC. The Labute approximate surface area is 198 Å². The molecule has 0 N–H and O–H groups in total. The van der Waals surface area contributed by atoms with Crippen LogP contribution in [0.1, 0.15) is 98.3 Å². The molecule has 0 bridgehead atoms. The molecule has 0 aromatic carbocycles. The normalized spacial score (nSPS) is 11.6. The van der Waals surface area contributed by atoms with E-state index in [0.29, 0.717) is 51.6 Å². The minimum absolute atomic E-state index is 0.346. The van der Waals surface area contributed by atoms with Crippen LogP contribution in [0.25, 0.3) is 0 Å². The number of carbonyl (C=O) groups is 1. The highest BCUT2D eigenvalue weighted by atomic mass is 28.4. The lowest BCUT2D eigenvalue weighted by atomic mass is 10.3. The van der Waals surface area contributed by atoms with E-state index in [2.05, 4.69) is 27.4 Å². The van der Waals surface area contributed by atoms with E-state index in [9.17, 15) is 4.79 Å². The summed E-state index contributed by atoms with van der Waals surface area (Å²) in [4.78, 5) is 11.4. The molecule has 0 aliphatic heterocycles. The summed E-state index contributed by atoms with van der Waals surface area (Å²) in [6.07, 6.45) is 11.6. The van der Waals surface area contributed by atoms with Gasteiger partial charge in [0.25, 0.3) is 0 Å². The molecule has 0 rings (SSSR count). The standard InChI is InChI=1S/C25H50O6Si/c1-6-9-12-20-29-32(30-21-13-10-7-2,31-22-14-11-8-3)23-16-18-27-17-15-19-28-25(26)24(4)5/h4,6-23H2,1-3,5H3. The van der Waals surface area contributed by atoms with Gasteiger partial charge in [-0.15, -0.1) is 0 Å². The van der Waals surface area contributed by atoms with Gasteiger partial charge in [0.2, 0.25) is 0 Å². The van der Waals surface area contributed by atoms with Crippen LogP contribution in [0.4, 0.5) is 0 Å². The third-order valence-corrected chi connectivity index (χ3v) is 7.89. The Morgan fingerprint density at radius 2 is 1.12 bits per heavy atom. The first kappa shape index (κ1) is 31.3. The Balaban J connectivity index is 4.53. The lowest BCUT2D eigenvalue weighted by molar-refractivity contribution is -0.139. The highest BCUT2D eigenvalue weighted by Gasteiger charge is 2.40. The molecule has 190 valence electrons. The van der Waals surface area contributed by atoms with Crippen LogP contribution in [0.2, 0.25) is 6.04 Å². The van der Waals surface area contributed by atoms with Gasteiger partial charge in [0.15, 0.2) is 0 Å². The monoisotopic (exact) mass is 474 g/mol. The molecule has 0 fully saturated rings. The summed E-state index contributed by atoms with van der Waals surface area (Å²) >= 11 is 0. The number of esters is 1. The molecule has 0 atom stereocenters. The van der Waals surface area contributed by atoms with E-state index in [1.54, 1.807) is 6.92 Å². The zero-order valence-corrected chi connectivity index (χ0v) is 22.4. The molecule has 6 nitrogen and oxygen atoms in total. The largest absolute Gasteiger partial charge is 0.501 e. The van der Waals surface area contributed by atoms with Crippen LogP contribution >= 0.6 is 0 Å². The molecule has 0 radical (unpaired) electrons. The molecule has 0 saturated heterocycles. The Kier molecular flexibility index (Phi) is 21.6. The van der Waals surface area contributed by atoms with E-state index in [0.717, 1.165) is 51.0 Å². The van der Waals surface area contributed by atoms with E-state index >= 15 is 0 Å². The number of hydrogen-bond acceptors (Lipinski definition) is 6. The first-order valence-electron chi connectivity index (χ1n) is 12.8. The second-order valence-corrected chi connectivity index (χ2v) is 11.1. The van der Waals surface area contributed by atoms with Crippen molar-refractivity contribution < 1.29 is 27.5 Å². The third kappa shape index (κ3) is 17.8. The highest BCUT2D eigenvalue weighted by molar-refractivity contribution is 6.60. The number of hydrogen-bond donors (Lipinski definition) is 0. The fourth-order valence-electron chi connectivity index (χ4n) is 3.02. The quantitative estimate of drug-likeness (QED) is 0.0692. The number of carbonyl (C=O) groups excluding carboxylic acids is 1. The van der Waals surface area contributed by atoms with Crippen molar-refractivity contribution >= 4 is 14.8 Å². The smallest absolute Gasteiger partial charge is 0.462 e. The number of unbranched alkanes of at least 4 members (excludes halogenated alkanes) is 6. The van der Waals surface area contributed by atoms with Crippen molar-refractivity contribution in [2.75, 3.05) is 39.6 Å². The van der Waals surface area contributed by atoms with Crippen LogP contribution in [-0.2, 0) is 27.5 Å². The molecule has 0 aromatic heterocycles. The van der Waals surface area contributed by atoms with Crippen molar-refractivity contribution in [1.29, 1.82) is 0 Å². The van der Waals surface area contributed by atoms with Crippen molar-refractivity contribution in [3.8, 4) is 0 Å². The summed E-state index contributed by atoms with van der Waals surface area (Å²) < 4.78 is 29.9. The summed E-state index contributed by atoms with van der Waals surface area (Å²) in [5, 5.41) is 0. The fraction of sp³-hybridized carbons (Fsp3) is 0.880. The zero-order valence-electron chi connectivity index (χ0n) is 21.4. The van der Waals surface area contributed by atoms with Crippen molar-refractivity contribution in [1.82, 2.24) is 0 Å². The highest BCUT2D eigenvalue weighted by Crippen LogP contribution is 2.21. The molecule has 0 aromatic rings. The lowest BCUT2D eigenvalue weighted by Crippen LogP contribution is -2.47. The van der Waals surface area contributed by atoms with Crippen LogP contribution in [-0.4, -0.2) is 54.4 Å². The number of ether oxygens (including phenoxy) is 2. The number of rotatable bonds is 24. The second-order valence-electron chi connectivity index (χ2n) is 8.34. The van der Waals surface area contributed by atoms with E-state index < -0.39 is 8.80 Å². The molecule has 7 heteroatoms. The Bertz CT molecular complexity index is 426. The Morgan fingerprint density at radius 1 is 0.656 bits per heavy atom. The van der Waals surface area contributed by atoms with Crippen molar-refractivity contribution in [2.24, 2.45) is 0 Å². The third-order valence-electron chi connectivity index (χ3n) is 5.00. The van der Waals surface area contributed by atoms with Crippen molar-refractivity contribution in [3.63, 3.8) is 0 Å². The summed E-state index contributed by atoms with van der Waals surface area (Å²) in [7, 11) is -2.71. The van der Waals surface area contributed by atoms with Gasteiger partial charge >= 0.3 is 14.8 Å². The van der Waals surface area contributed by atoms with Crippen LogP contribution in [0, 0.1) is 0 Å². The first-order valence-corrected chi connectivity index (χ1v) is 14.8. The van der Waals surface area contributed by atoms with E-state index in [4.69, 9.17) is 22.8 Å². The molecular weight excluding hydrogens is 424 g/mol. The van der Waals surface area contributed by atoms with E-state index in [1.165, 1.54) is 19.3 Å². The predicted molar refractivity (Wildman–Crippen MR) is 133 cm³/mol. The average molecular weight is 475 g/mol. The van der Waals surface area contributed by atoms with E-state index in [1.807, 2.05) is 0 Å². The van der Waals surface area contributed by atoms with Gasteiger partial charge in [0, 0.05) is 51.1 Å². The Morgan fingerprint density at radius 3 is 1.56 bits per heavy atom. The topological polar surface area (TPSA) is 63.2 Å². The molecule has 0 spiro atoms. The van der Waals surface area contributed by atoms with Crippen LogP contribution < -0.4 is 0 Å². The molecule has 32 heavy (non-hydrogen) atoms.